The third-order valence-corrected chi connectivity index (χ3v) is 5.60. The Bertz CT molecular complexity index is 993. The van der Waals surface area contributed by atoms with Crippen LogP contribution < -0.4 is 29.0 Å². The Balaban J connectivity index is 2.01. The number of amides is 1. The molecule has 0 aliphatic rings. The number of rotatable bonds is 12. The first-order valence-corrected chi connectivity index (χ1v) is 11.2. The summed E-state index contributed by atoms with van der Waals surface area (Å²) in [7, 11) is -0.946. The van der Waals surface area contributed by atoms with Crippen LogP contribution in [0.4, 0.5) is 5.69 Å². The summed E-state index contributed by atoms with van der Waals surface area (Å²) in [6.07, 6.45) is -0.0725. The molecule has 0 aliphatic carbocycles. The molecule has 2 aromatic carbocycles. The summed E-state index contributed by atoms with van der Waals surface area (Å²) in [4.78, 5) is 12.4. The summed E-state index contributed by atoms with van der Waals surface area (Å²) in [6.45, 7) is 4.53. The smallest absolute Gasteiger partial charge is 0.240 e. The van der Waals surface area contributed by atoms with Gasteiger partial charge in [-0.3, -0.25) is 4.79 Å². The van der Waals surface area contributed by atoms with Gasteiger partial charge in [0.1, 0.15) is 11.5 Å². The zero-order chi connectivity index (χ0) is 22.9. The van der Waals surface area contributed by atoms with E-state index >= 15 is 0 Å². The van der Waals surface area contributed by atoms with E-state index in [2.05, 4.69) is 10.0 Å². The SMILES string of the molecule is CCOc1ccc(OCC)c(NC(=O)CCNS(=O)(=O)c2ccc(OC)c(OC)c2)c1. The Labute approximate surface area is 182 Å². The normalized spacial score (nSPS) is 11.0. The fraction of sp³-hybridized carbons (Fsp3) is 0.381. The molecular formula is C21H28N2O7S. The van der Waals surface area contributed by atoms with E-state index in [1.807, 2.05) is 13.8 Å². The van der Waals surface area contributed by atoms with E-state index in [1.165, 1.54) is 32.4 Å². The standard InChI is InChI=1S/C21H28N2O7S/c1-5-29-15-7-9-18(30-6-2)17(13-15)23-21(24)11-12-22-31(25,26)16-8-10-19(27-3)20(14-16)28-4/h7-10,13-14,22H,5-6,11-12H2,1-4H3,(H,23,24). The van der Waals surface area contributed by atoms with Crippen LogP contribution in [-0.4, -0.2) is 48.3 Å². The molecule has 2 N–H and O–H groups in total. The molecule has 0 bridgehead atoms. The highest BCUT2D eigenvalue weighted by atomic mass is 32.2. The minimum atomic E-state index is -3.83. The zero-order valence-electron chi connectivity index (χ0n) is 18.1. The molecule has 0 radical (unpaired) electrons. The van der Waals surface area contributed by atoms with Crippen molar-refractivity contribution in [2.75, 3.05) is 39.3 Å². The first-order valence-electron chi connectivity index (χ1n) is 9.75. The molecule has 0 saturated heterocycles. The van der Waals surface area contributed by atoms with Crippen molar-refractivity contribution in [1.82, 2.24) is 4.72 Å². The number of methoxy groups -OCH3 is 2. The molecule has 10 heteroatoms. The van der Waals surface area contributed by atoms with Crippen LogP contribution in [-0.2, 0) is 14.8 Å². The van der Waals surface area contributed by atoms with E-state index in [-0.39, 0.29) is 23.8 Å². The molecule has 0 heterocycles. The summed E-state index contributed by atoms with van der Waals surface area (Å²) in [5, 5.41) is 2.74. The Morgan fingerprint density at radius 1 is 0.903 bits per heavy atom. The van der Waals surface area contributed by atoms with Gasteiger partial charge in [0.15, 0.2) is 11.5 Å². The summed E-state index contributed by atoms with van der Waals surface area (Å²) in [5.41, 5.74) is 0.459. The summed E-state index contributed by atoms with van der Waals surface area (Å²) < 4.78 is 48.7. The molecule has 0 aliphatic heterocycles. The number of carbonyl (C=O) groups excluding carboxylic acids is 1. The lowest BCUT2D eigenvalue weighted by Crippen LogP contribution is -2.28. The van der Waals surface area contributed by atoms with Crippen LogP contribution in [0.5, 0.6) is 23.0 Å². The minimum Gasteiger partial charge on any atom is -0.494 e. The van der Waals surface area contributed by atoms with Crippen LogP contribution in [0, 0.1) is 0 Å². The number of hydrogen-bond acceptors (Lipinski definition) is 7. The predicted molar refractivity (Wildman–Crippen MR) is 117 cm³/mol. The lowest BCUT2D eigenvalue weighted by Gasteiger charge is -2.14. The van der Waals surface area contributed by atoms with Gasteiger partial charge in [0, 0.05) is 25.1 Å². The maximum atomic E-state index is 12.5. The molecular weight excluding hydrogens is 424 g/mol. The highest BCUT2D eigenvalue weighted by Crippen LogP contribution is 2.30. The fourth-order valence-electron chi connectivity index (χ4n) is 2.72. The van der Waals surface area contributed by atoms with Gasteiger partial charge < -0.3 is 24.3 Å². The van der Waals surface area contributed by atoms with E-state index in [1.54, 1.807) is 18.2 Å². The van der Waals surface area contributed by atoms with Gasteiger partial charge in [-0.25, -0.2) is 13.1 Å². The summed E-state index contributed by atoms with van der Waals surface area (Å²) in [6, 6.07) is 9.39. The topological polar surface area (TPSA) is 112 Å². The van der Waals surface area contributed by atoms with Crippen molar-refractivity contribution in [2.45, 2.75) is 25.2 Å². The first-order chi connectivity index (χ1) is 14.8. The highest BCUT2D eigenvalue weighted by Gasteiger charge is 2.17. The van der Waals surface area contributed by atoms with Crippen LogP contribution in [0.2, 0.25) is 0 Å². The number of benzene rings is 2. The molecule has 0 spiro atoms. The number of anilines is 1. The van der Waals surface area contributed by atoms with Gasteiger partial charge in [-0.1, -0.05) is 0 Å². The van der Waals surface area contributed by atoms with Crippen molar-refractivity contribution >= 4 is 21.6 Å². The molecule has 0 atom stereocenters. The molecule has 0 fully saturated rings. The maximum Gasteiger partial charge on any atom is 0.240 e. The van der Waals surface area contributed by atoms with E-state index in [0.29, 0.717) is 41.9 Å². The van der Waals surface area contributed by atoms with E-state index in [4.69, 9.17) is 18.9 Å². The van der Waals surface area contributed by atoms with Crippen molar-refractivity contribution < 1.29 is 32.2 Å². The third-order valence-electron chi connectivity index (χ3n) is 4.15. The monoisotopic (exact) mass is 452 g/mol. The molecule has 31 heavy (non-hydrogen) atoms. The molecule has 1 amide bonds. The molecule has 0 aromatic heterocycles. The average Bonchev–Trinajstić information content (AvgIpc) is 2.75. The van der Waals surface area contributed by atoms with Gasteiger partial charge in [-0.05, 0) is 38.1 Å². The highest BCUT2D eigenvalue weighted by molar-refractivity contribution is 7.89. The fourth-order valence-corrected chi connectivity index (χ4v) is 3.77. The average molecular weight is 453 g/mol. The second-order valence-corrected chi connectivity index (χ2v) is 8.00. The maximum absolute atomic E-state index is 12.5. The first kappa shape index (κ1) is 24.3. The molecule has 0 saturated carbocycles. The van der Waals surface area contributed by atoms with Crippen LogP contribution in [0.25, 0.3) is 0 Å². The Morgan fingerprint density at radius 3 is 2.23 bits per heavy atom. The second kappa shape index (κ2) is 11.4. The van der Waals surface area contributed by atoms with Crippen LogP contribution in [0.15, 0.2) is 41.3 Å². The Kier molecular flexibility index (Phi) is 8.95. The van der Waals surface area contributed by atoms with Crippen LogP contribution in [0.1, 0.15) is 20.3 Å². The second-order valence-electron chi connectivity index (χ2n) is 6.24. The van der Waals surface area contributed by atoms with Gasteiger partial charge >= 0.3 is 0 Å². The Hall–Kier alpha value is -2.98. The molecule has 2 rings (SSSR count). The quantitative estimate of drug-likeness (QED) is 0.509. The van der Waals surface area contributed by atoms with Crippen molar-refractivity contribution in [2.24, 2.45) is 0 Å². The third kappa shape index (κ3) is 6.76. The van der Waals surface area contributed by atoms with Gasteiger partial charge in [0.05, 0.1) is 38.0 Å². The van der Waals surface area contributed by atoms with Crippen molar-refractivity contribution in [1.29, 1.82) is 0 Å². The molecule has 2 aromatic rings. The number of nitrogens with one attached hydrogen (secondary N) is 2. The van der Waals surface area contributed by atoms with Gasteiger partial charge in [-0.2, -0.15) is 0 Å². The predicted octanol–water partition coefficient (Wildman–Crippen LogP) is 2.81. The van der Waals surface area contributed by atoms with Crippen molar-refractivity contribution in [3.05, 3.63) is 36.4 Å². The number of sulfonamides is 1. The van der Waals surface area contributed by atoms with E-state index in [9.17, 15) is 13.2 Å². The minimum absolute atomic E-state index is 0.00797. The van der Waals surface area contributed by atoms with Crippen molar-refractivity contribution in [3.8, 4) is 23.0 Å². The zero-order valence-corrected chi connectivity index (χ0v) is 18.9. The Morgan fingerprint density at radius 2 is 1.58 bits per heavy atom. The summed E-state index contributed by atoms with van der Waals surface area (Å²) in [5.74, 6) is 1.44. The molecule has 9 nitrogen and oxygen atoms in total. The lowest BCUT2D eigenvalue weighted by atomic mass is 10.2. The molecule has 170 valence electrons. The van der Waals surface area contributed by atoms with Gasteiger partial charge in [-0.15, -0.1) is 0 Å². The van der Waals surface area contributed by atoms with E-state index < -0.39 is 10.0 Å². The van der Waals surface area contributed by atoms with Gasteiger partial charge in [0.2, 0.25) is 15.9 Å². The van der Waals surface area contributed by atoms with E-state index in [0.717, 1.165) is 0 Å². The van der Waals surface area contributed by atoms with Crippen LogP contribution >= 0.6 is 0 Å². The summed E-state index contributed by atoms with van der Waals surface area (Å²) >= 11 is 0. The van der Waals surface area contributed by atoms with Gasteiger partial charge in [0.25, 0.3) is 0 Å². The number of hydrogen-bond donors (Lipinski definition) is 2. The lowest BCUT2D eigenvalue weighted by molar-refractivity contribution is -0.116. The van der Waals surface area contributed by atoms with Crippen LogP contribution in [0.3, 0.4) is 0 Å². The molecule has 0 unspecified atom stereocenters. The number of ether oxygens (including phenoxy) is 4. The number of carbonyl (C=O) groups is 1. The largest absolute Gasteiger partial charge is 0.494 e. The van der Waals surface area contributed by atoms with Crippen molar-refractivity contribution in [3.63, 3.8) is 0 Å².